The van der Waals surface area contributed by atoms with E-state index in [9.17, 15) is 0 Å². The minimum Gasteiger partial charge on any atom is -0.0622 e. The Labute approximate surface area is 423 Å². The fraction of sp³-hybridized carbons (Fsp3) is 0. The number of hydrogen-bond donors (Lipinski definition) is 0. The van der Waals surface area contributed by atoms with E-state index in [2.05, 4.69) is 303 Å². The van der Waals surface area contributed by atoms with Crippen molar-refractivity contribution in [3.05, 3.63) is 303 Å². The first-order chi connectivity index (χ1) is 35.8. The molecule has 12 aromatic rings. The van der Waals surface area contributed by atoms with Crippen LogP contribution in [0.4, 0.5) is 0 Å². The Morgan fingerprint density at radius 3 is 0.319 bits per heavy atom. The van der Waals surface area contributed by atoms with E-state index in [1.165, 1.54) is 122 Å². The molecule has 0 heterocycles. The minimum absolute atomic E-state index is 1.18. The highest BCUT2D eigenvalue weighted by molar-refractivity contribution is 6.04. The molecule has 0 unspecified atom stereocenters. The average molecular weight is 915 g/mol. The van der Waals surface area contributed by atoms with Gasteiger partial charge in [-0.1, -0.05) is 303 Å². The Morgan fingerprint density at radius 1 is 0.0833 bits per heavy atom. The quantitative estimate of drug-likeness (QED) is 0.121. The van der Waals surface area contributed by atoms with Crippen LogP contribution in [0.1, 0.15) is 0 Å². The molecular weight excluding hydrogens is 865 g/mol. The number of benzene rings is 12. The van der Waals surface area contributed by atoms with E-state index >= 15 is 0 Å². The summed E-state index contributed by atoms with van der Waals surface area (Å²) in [6, 6.07) is 110. The van der Waals surface area contributed by atoms with E-state index in [1.54, 1.807) is 0 Å². The maximum absolute atomic E-state index is 2.30. The zero-order valence-electron chi connectivity index (χ0n) is 39.9. The molecule has 0 aromatic heterocycles. The number of rotatable bonds is 11. The molecule has 0 heteroatoms. The Balaban J connectivity index is 0.978. The molecule has 0 nitrogen and oxygen atoms in total. The third-order valence-electron chi connectivity index (χ3n) is 14.1. The van der Waals surface area contributed by atoms with Crippen LogP contribution < -0.4 is 0 Å². The first-order valence-corrected chi connectivity index (χ1v) is 24.8. The lowest BCUT2D eigenvalue weighted by atomic mass is 9.82. The van der Waals surface area contributed by atoms with Gasteiger partial charge < -0.3 is 0 Å². The second-order valence-electron chi connectivity index (χ2n) is 18.2. The lowest BCUT2D eigenvalue weighted by Crippen LogP contribution is -1.95. The van der Waals surface area contributed by atoms with Crippen molar-refractivity contribution >= 4 is 0 Å². The molecule has 0 radical (unpaired) electrons. The lowest BCUT2D eigenvalue weighted by molar-refractivity contribution is 1.53. The summed E-state index contributed by atoms with van der Waals surface area (Å²) in [5.74, 6) is 0. The van der Waals surface area contributed by atoms with Gasteiger partial charge in [-0.05, 0) is 122 Å². The van der Waals surface area contributed by atoms with Crippen molar-refractivity contribution in [2.75, 3.05) is 0 Å². The van der Waals surface area contributed by atoms with E-state index in [4.69, 9.17) is 0 Å². The second-order valence-corrected chi connectivity index (χ2v) is 18.2. The monoisotopic (exact) mass is 914 g/mol. The lowest BCUT2D eigenvalue weighted by Gasteiger charge is -2.21. The summed E-state index contributed by atoms with van der Waals surface area (Å²) in [5.41, 5.74) is 26.3. The third-order valence-corrected chi connectivity index (χ3v) is 14.1. The molecule has 0 spiro atoms. The molecule has 0 atom stereocenters. The smallest absolute Gasteiger partial charge is 0.00990 e. The van der Waals surface area contributed by atoms with Gasteiger partial charge in [0.2, 0.25) is 0 Å². The van der Waals surface area contributed by atoms with Gasteiger partial charge in [0, 0.05) is 0 Å². The van der Waals surface area contributed by atoms with Crippen LogP contribution in [0.3, 0.4) is 0 Å². The van der Waals surface area contributed by atoms with Crippen molar-refractivity contribution in [3.63, 3.8) is 0 Å². The first-order valence-electron chi connectivity index (χ1n) is 24.8. The fourth-order valence-electron chi connectivity index (χ4n) is 10.8. The molecule has 0 amide bonds. The summed E-state index contributed by atoms with van der Waals surface area (Å²) < 4.78 is 0. The van der Waals surface area contributed by atoms with Gasteiger partial charge in [0.15, 0.2) is 0 Å². The SMILES string of the molecule is c1ccc(-c2ccccc2-c2ccccc2-c2ccccc2-c2ccccc2-c2ccccc2-c2ccccc2-c2ccccc2-c2ccccc2-c2ccccc2-c2ccccc2-c2ccccc2)cc1. The summed E-state index contributed by atoms with van der Waals surface area (Å²) in [6.07, 6.45) is 0. The summed E-state index contributed by atoms with van der Waals surface area (Å²) in [4.78, 5) is 0. The molecule has 12 aromatic carbocycles. The predicted molar refractivity (Wildman–Crippen MR) is 306 cm³/mol. The molecule has 0 aliphatic heterocycles. The largest absolute Gasteiger partial charge is 0.0622 e. The highest BCUT2D eigenvalue weighted by Crippen LogP contribution is 2.48. The maximum Gasteiger partial charge on any atom is -0.00990 e. The van der Waals surface area contributed by atoms with Crippen molar-refractivity contribution in [3.8, 4) is 122 Å². The van der Waals surface area contributed by atoms with Crippen LogP contribution in [0, 0.1) is 0 Å². The topological polar surface area (TPSA) is 0 Å². The van der Waals surface area contributed by atoms with Crippen molar-refractivity contribution in [1.82, 2.24) is 0 Å². The van der Waals surface area contributed by atoms with Crippen LogP contribution in [0.2, 0.25) is 0 Å². The van der Waals surface area contributed by atoms with Crippen molar-refractivity contribution in [2.45, 2.75) is 0 Å². The van der Waals surface area contributed by atoms with E-state index in [0.717, 1.165) is 0 Å². The van der Waals surface area contributed by atoms with Crippen molar-refractivity contribution < 1.29 is 0 Å². The molecule has 0 aliphatic carbocycles. The van der Waals surface area contributed by atoms with E-state index in [-0.39, 0.29) is 0 Å². The zero-order valence-corrected chi connectivity index (χ0v) is 39.9. The van der Waals surface area contributed by atoms with Crippen LogP contribution in [0.5, 0.6) is 0 Å². The zero-order chi connectivity index (χ0) is 48.1. The highest BCUT2D eigenvalue weighted by Gasteiger charge is 2.22. The molecule has 0 saturated carbocycles. The van der Waals surface area contributed by atoms with E-state index in [0.29, 0.717) is 0 Å². The third kappa shape index (κ3) is 8.36. The Hall–Kier alpha value is -9.36. The van der Waals surface area contributed by atoms with E-state index < -0.39 is 0 Å². The second kappa shape index (κ2) is 19.9. The molecule has 72 heavy (non-hydrogen) atoms. The number of hydrogen-bond acceptors (Lipinski definition) is 0. The molecule has 0 aliphatic rings. The Kier molecular flexibility index (Phi) is 12.1. The normalized spacial score (nSPS) is 11.1. The molecular formula is C72H50. The maximum atomic E-state index is 2.30. The molecule has 0 bridgehead atoms. The standard InChI is InChI=1S/C72H50/c1-3-27-51(28-4-1)53-31-7-9-33-55(53)57-35-11-13-37-59(57)61-39-15-17-41-63(61)65-43-19-21-45-67(65)69-47-23-25-49-71(69)72-50-26-24-48-70(72)68-46-22-20-44-66(68)64-42-18-16-40-62(64)60-38-14-12-36-58(60)56-34-10-8-32-54(56)52-29-5-2-6-30-52/h1-50H. The summed E-state index contributed by atoms with van der Waals surface area (Å²) in [6.45, 7) is 0. The minimum atomic E-state index is 1.18. The van der Waals surface area contributed by atoms with Crippen LogP contribution in [0.25, 0.3) is 122 Å². The first kappa shape index (κ1) is 43.9. The average Bonchev–Trinajstić information content (AvgIpc) is 3.47. The van der Waals surface area contributed by atoms with Crippen LogP contribution >= 0.6 is 0 Å². The van der Waals surface area contributed by atoms with Gasteiger partial charge in [0.1, 0.15) is 0 Å². The highest BCUT2D eigenvalue weighted by atomic mass is 14.3. The van der Waals surface area contributed by atoms with Gasteiger partial charge in [-0.3, -0.25) is 0 Å². The molecule has 338 valence electrons. The molecule has 0 fully saturated rings. The Bertz CT molecular complexity index is 3600. The van der Waals surface area contributed by atoms with Gasteiger partial charge >= 0.3 is 0 Å². The van der Waals surface area contributed by atoms with Gasteiger partial charge in [-0.25, -0.2) is 0 Å². The van der Waals surface area contributed by atoms with Crippen molar-refractivity contribution in [2.24, 2.45) is 0 Å². The summed E-state index contributed by atoms with van der Waals surface area (Å²) in [7, 11) is 0. The van der Waals surface area contributed by atoms with Crippen LogP contribution in [0.15, 0.2) is 303 Å². The van der Waals surface area contributed by atoms with Crippen LogP contribution in [-0.2, 0) is 0 Å². The molecule has 0 N–H and O–H groups in total. The summed E-state index contributed by atoms with van der Waals surface area (Å²) in [5, 5.41) is 0. The van der Waals surface area contributed by atoms with Gasteiger partial charge in [0.05, 0.1) is 0 Å². The van der Waals surface area contributed by atoms with Gasteiger partial charge in [-0.2, -0.15) is 0 Å². The van der Waals surface area contributed by atoms with E-state index in [1.807, 2.05) is 0 Å². The molecule has 0 saturated heterocycles. The predicted octanol–water partition coefficient (Wildman–Crippen LogP) is 20.0. The molecule has 12 rings (SSSR count). The van der Waals surface area contributed by atoms with Crippen molar-refractivity contribution in [1.29, 1.82) is 0 Å². The Morgan fingerprint density at radius 2 is 0.181 bits per heavy atom. The fourth-order valence-corrected chi connectivity index (χ4v) is 10.8. The van der Waals surface area contributed by atoms with Gasteiger partial charge in [-0.15, -0.1) is 0 Å². The van der Waals surface area contributed by atoms with Gasteiger partial charge in [0.25, 0.3) is 0 Å². The van der Waals surface area contributed by atoms with Crippen LogP contribution in [-0.4, -0.2) is 0 Å². The summed E-state index contributed by atoms with van der Waals surface area (Å²) >= 11 is 0.